The standard InChI is InChI=1S/C23H32N6O2.HI/c1-24-23(25-16-20-18-31-22(26-20)19-8-4-2-5-9-19)29-14-12-27(13-15-29)17-21(30)28-10-6-3-7-11-28;/h2,4-5,8-9,18H,3,6-7,10-17H2,1H3,(H,24,25);1H. The summed E-state index contributed by atoms with van der Waals surface area (Å²) in [4.78, 5) is 28.0. The molecule has 0 unspecified atom stereocenters. The van der Waals surface area contributed by atoms with Crippen molar-refractivity contribution < 1.29 is 9.21 Å². The molecule has 8 nitrogen and oxygen atoms in total. The average molecular weight is 552 g/mol. The van der Waals surface area contributed by atoms with E-state index in [1.54, 1.807) is 13.3 Å². The number of nitrogens with zero attached hydrogens (tertiary/aromatic N) is 5. The van der Waals surface area contributed by atoms with Crippen molar-refractivity contribution in [2.24, 2.45) is 4.99 Å². The number of piperidine rings is 1. The lowest BCUT2D eigenvalue weighted by Crippen LogP contribution is -2.54. The molecule has 2 fully saturated rings. The Morgan fingerprint density at radius 3 is 2.44 bits per heavy atom. The minimum absolute atomic E-state index is 0. The highest BCUT2D eigenvalue weighted by Crippen LogP contribution is 2.18. The van der Waals surface area contributed by atoms with Crippen LogP contribution in [0, 0.1) is 0 Å². The summed E-state index contributed by atoms with van der Waals surface area (Å²) < 4.78 is 5.62. The van der Waals surface area contributed by atoms with Crippen molar-refractivity contribution in [1.82, 2.24) is 25.0 Å². The molecule has 0 bridgehead atoms. The van der Waals surface area contributed by atoms with Crippen molar-refractivity contribution in [3.8, 4) is 11.5 Å². The van der Waals surface area contributed by atoms with Gasteiger partial charge in [0.05, 0.1) is 18.8 Å². The van der Waals surface area contributed by atoms with Crippen molar-refractivity contribution in [3.63, 3.8) is 0 Å². The summed E-state index contributed by atoms with van der Waals surface area (Å²) in [6.07, 6.45) is 5.21. The van der Waals surface area contributed by atoms with Crippen LogP contribution in [0.1, 0.15) is 25.0 Å². The molecular formula is C23H33IN6O2. The number of amides is 1. The maximum absolute atomic E-state index is 12.5. The van der Waals surface area contributed by atoms with Gasteiger partial charge in [-0.1, -0.05) is 18.2 Å². The molecule has 1 aromatic carbocycles. The van der Waals surface area contributed by atoms with Gasteiger partial charge in [0.15, 0.2) is 5.96 Å². The zero-order valence-electron chi connectivity index (χ0n) is 18.7. The summed E-state index contributed by atoms with van der Waals surface area (Å²) >= 11 is 0. The quantitative estimate of drug-likeness (QED) is 0.350. The largest absolute Gasteiger partial charge is 0.444 e. The Balaban J connectivity index is 0.00000289. The lowest BCUT2D eigenvalue weighted by molar-refractivity contribution is -0.133. The molecule has 9 heteroatoms. The third kappa shape index (κ3) is 6.44. The fourth-order valence-corrected chi connectivity index (χ4v) is 4.16. The van der Waals surface area contributed by atoms with Gasteiger partial charge in [0.25, 0.3) is 0 Å². The first kappa shape index (κ1) is 24.5. The Morgan fingerprint density at radius 2 is 1.75 bits per heavy atom. The summed E-state index contributed by atoms with van der Waals surface area (Å²) in [6, 6.07) is 9.88. The van der Waals surface area contributed by atoms with Gasteiger partial charge in [-0.2, -0.15) is 0 Å². The number of hydrogen-bond donors (Lipinski definition) is 1. The van der Waals surface area contributed by atoms with E-state index in [1.807, 2.05) is 35.2 Å². The van der Waals surface area contributed by atoms with Crippen LogP contribution in [0.4, 0.5) is 0 Å². The molecule has 4 rings (SSSR count). The summed E-state index contributed by atoms with van der Waals surface area (Å²) in [5, 5.41) is 3.39. The molecule has 1 N–H and O–H groups in total. The Hall–Kier alpha value is -2.14. The van der Waals surface area contributed by atoms with E-state index in [-0.39, 0.29) is 29.9 Å². The van der Waals surface area contributed by atoms with Gasteiger partial charge in [-0.05, 0) is 31.4 Å². The minimum Gasteiger partial charge on any atom is -0.444 e. The van der Waals surface area contributed by atoms with Gasteiger partial charge in [-0.15, -0.1) is 24.0 Å². The second kappa shape index (κ2) is 12.2. The Labute approximate surface area is 207 Å². The molecule has 0 atom stereocenters. The number of nitrogens with one attached hydrogen (secondary N) is 1. The molecule has 32 heavy (non-hydrogen) atoms. The highest BCUT2D eigenvalue weighted by molar-refractivity contribution is 14.0. The fraction of sp³-hybridized carbons (Fsp3) is 0.522. The van der Waals surface area contributed by atoms with Crippen molar-refractivity contribution in [1.29, 1.82) is 0 Å². The molecule has 2 aromatic rings. The molecule has 0 spiro atoms. The summed E-state index contributed by atoms with van der Waals surface area (Å²) in [6.45, 7) is 6.34. The van der Waals surface area contributed by atoms with Crippen molar-refractivity contribution in [2.75, 3.05) is 52.9 Å². The van der Waals surface area contributed by atoms with Gasteiger partial charge in [0.2, 0.25) is 11.8 Å². The third-order valence-electron chi connectivity index (χ3n) is 5.95. The number of aromatic nitrogens is 1. The predicted molar refractivity (Wildman–Crippen MR) is 136 cm³/mol. The molecule has 2 aliphatic rings. The van der Waals surface area contributed by atoms with Crippen LogP contribution in [0.5, 0.6) is 0 Å². The molecule has 3 heterocycles. The molecule has 0 saturated carbocycles. The van der Waals surface area contributed by atoms with Crippen molar-refractivity contribution in [3.05, 3.63) is 42.3 Å². The SMILES string of the molecule is CN=C(NCc1coc(-c2ccccc2)n1)N1CCN(CC(=O)N2CCCCC2)CC1.I. The summed E-state index contributed by atoms with van der Waals surface area (Å²) in [7, 11) is 1.80. The van der Waals surface area contributed by atoms with Gasteiger partial charge < -0.3 is 19.5 Å². The number of carbonyl (C=O) groups is 1. The first-order chi connectivity index (χ1) is 15.2. The normalized spacial score (nSPS) is 17.7. The highest BCUT2D eigenvalue weighted by Gasteiger charge is 2.24. The Morgan fingerprint density at radius 1 is 1.03 bits per heavy atom. The fourth-order valence-electron chi connectivity index (χ4n) is 4.16. The topological polar surface area (TPSA) is 77.2 Å². The number of halogens is 1. The molecule has 2 saturated heterocycles. The van der Waals surface area contributed by atoms with Gasteiger partial charge in [-0.3, -0.25) is 14.7 Å². The van der Waals surface area contributed by atoms with Crippen LogP contribution in [-0.4, -0.2) is 84.4 Å². The van der Waals surface area contributed by atoms with E-state index in [9.17, 15) is 4.79 Å². The van der Waals surface area contributed by atoms with Crippen LogP contribution in [0.3, 0.4) is 0 Å². The molecule has 0 aliphatic carbocycles. The van der Waals surface area contributed by atoms with Gasteiger partial charge in [-0.25, -0.2) is 4.98 Å². The second-order valence-corrected chi connectivity index (χ2v) is 8.12. The van der Waals surface area contributed by atoms with Crippen LogP contribution in [0.2, 0.25) is 0 Å². The first-order valence-electron chi connectivity index (χ1n) is 11.2. The number of carbonyl (C=O) groups excluding carboxylic acids is 1. The van der Waals surface area contributed by atoms with Gasteiger partial charge in [0, 0.05) is 51.9 Å². The zero-order chi connectivity index (χ0) is 21.5. The van der Waals surface area contributed by atoms with E-state index >= 15 is 0 Å². The van der Waals surface area contributed by atoms with E-state index in [0.29, 0.717) is 19.0 Å². The second-order valence-electron chi connectivity index (χ2n) is 8.12. The van der Waals surface area contributed by atoms with Crippen LogP contribution < -0.4 is 5.32 Å². The Bertz CT molecular complexity index is 874. The number of guanidine groups is 1. The number of likely N-dealkylation sites (tertiary alicyclic amines) is 1. The zero-order valence-corrected chi connectivity index (χ0v) is 21.0. The van der Waals surface area contributed by atoms with E-state index in [2.05, 4.69) is 25.1 Å². The summed E-state index contributed by atoms with van der Waals surface area (Å²) in [5.74, 6) is 1.75. The number of rotatable bonds is 5. The molecule has 1 amide bonds. The number of benzene rings is 1. The Kier molecular flexibility index (Phi) is 9.34. The van der Waals surface area contributed by atoms with E-state index in [1.165, 1.54) is 6.42 Å². The van der Waals surface area contributed by atoms with Crippen LogP contribution in [0.15, 0.2) is 46.0 Å². The summed E-state index contributed by atoms with van der Waals surface area (Å²) in [5.41, 5.74) is 1.80. The smallest absolute Gasteiger partial charge is 0.236 e. The van der Waals surface area contributed by atoms with Crippen molar-refractivity contribution in [2.45, 2.75) is 25.8 Å². The highest BCUT2D eigenvalue weighted by atomic mass is 127. The lowest BCUT2D eigenvalue weighted by atomic mass is 10.1. The van der Waals surface area contributed by atoms with E-state index < -0.39 is 0 Å². The number of hydrogen-bond acceptors (Lipinski definition) is 5. The maximum Gasteiger partial charge on any atom is 0.236 e. The molecular weight excluding hydrogens is 519 g/mol. The molecule has 2 aliphatic heterocycles. The number of oxazole rings is 1. The van der Waals surface area contributed by atoms with Gasteiger partial charge >= 0.3 is 0 Å². The lowest BCUT2D eigenvalue weighted by Gasteiger charge is -2.37. The number of aliphatic imine (C=N–C) groups is 1. The van der Waals surface area contributed by atoms with E-state index in [0.717, 1.165) is 69.3 Å². The predicted octanol–water partition coefficient (Wildman–Crippen LogP) is 2.67. The molecule has 174 valence electrons. The monoisotopic (exact) mass is 552 g/mol. The third-order valence-corrected chi connectivity index (χ3v) is 5.95. The molecule has 1 aromatic heterocycles. The van der Waals surface area contributed by atoms with Crippen LogP contribution >= 0.6 is 24.0 Å². The van der Waals surface area contributed by atoms with E-state index in [4.69, 9.17) is 4.42 Å². The minimum atomic E-state index is 0. The van der Waals surface area contributed by atoms with Crippen LogP contribution in [0.25, 0.3) is 11.5 Å². The number of piperazine rings is 1. The maximum atomic E-state index is 12.5. The van der Waals surface area contributed by atoms with Crippen LogP contribution in [-0.2, 0) is 11.3 Å². The molecule has 0 radical (unpaired) electrons. The van der Waals surface area contributed by atoms with Crippen molar-refractivity contribution >= 4 is 35.8 Å². The average Bonchev–Trinajstić information content (AvgIpc) is 3.31. The van der Waals surface area contributed by atoms with Gasteiger partial charge in [0.1, 0.15) is 6.26 Å². The first-order valence-corrected chi connectivity index (χ1v) is 11.2.